The number of carbonyl (C=O) groups excluding carboxylic acids is 1. The summed E-state index contributed by atoms with van der Waals surface area (Å²) in [6.07, 6.45) is 1.27. The molecule has 0 aliphatic rings. The molecule has 3 aromatic rings. The monoisotopic (exact) mass is 339 g/mol. The molecule has 5 nitrogen and oxygen atoms in total. The zero-order valence-corrected chi connectivity index (χ0v) is 13.3. The second-order valence-corrected chi connectivity index (χ2v) is 5.72. The van der Waals surface area contributed by atoms with Crippen LogP contribution in [0.2, 0.25) is 0 Å². The molecule has 0 aliphatic carbocycles. The summed E-state index contributed by atoms with van der Waals surface area (Å²) in [6.45, 7) is 1.63. The summed E-state index contributed by atoms with van der Waals surface area (Å²) in [5, 5.41) is 9.46. The van der Waals surface area contributed by atoms with Gasteiger partial charge in [-0.1, -0.05) is 12.1 Å². The van der Waals surface area contributed by atoms with Crippen LogP contribution in [0, 0.1) is 5.82 Å². The van der Waals surface area contributed by atoms with E-state index < -0.39 is 11.4 Å². The Bertz CT molecular complexity index is 1050. The van der Waals surface area contributed by atoms with Gasteiger partial charge in [-0.25, -0.2) is 9.18 Å². The highest BCUT2D eigenvalue weighted by Gasteiger charge is 2.16. The normalized spacial score (nSPS) is 10.8. The molecule has 3 rings (SSSR count). The van der Waals surface area contributed by atoms with Crippen LogP contribution >= 0.6 is 0 Å². The van der Waals surface area contributed by atoms with Crippen molar-refractivity contribution in [1.29, 1.82) is 0 Å². The van der Waals surface area contributed by atoms with Crippen LogP contribution in [0.4, 0.5) is 4.39 Å². The van der Waals surface area contributed by atoms with E-state index in [1.165, 1.54) is 31.3 Å². The first kappa shape index (κ1) is 16.6. The van der Waals surface area contributed by atoms with Gasteiger partial charge in [0.25, 0.3) is 0 Å². The number of carboxylic acids is 1. The molecule has 0 saturated heterocycles. The summed E-state index contributed by atoms with van der Waals surface area (Å²) in [5.74, 6) is -1.93. The standard InChI is InChI=1S/C19H14FNO4/c1-11(22)13-4-7-17-15(8-13)18(23)16(19(24)25)10-21(17)9-12-2-5-14(20)6-3-12/h2-8,10H,9H2,1H3,(H,24,25). The van der Waals surface area contributed by atoms with Crippen LogP contribution in [-0.4, -0.2) is 21.4 Å². The Morgan fingerprint density at radius 1 is 1.12 bits per heavy atom. The summed E-state index contributed by atoms with van der Waals surface area (Å²) in [7, 11) is 0. The van der Waals surface area contributed by atoms with Crippen LogP contribution < -0.4 is 5.43 Å². The molecular formula is C19H14FNO4. The average Bonchev–Trinajstić information content (AvgIpc) is 2.58. The molecule has 6 heteroatoms. The second-order valence-electron chi connectivity index (χ2n) is 5.72. The molecule has 0 saturated carbocycles. The quantitative estimate of drug-likeness (QED) is 0.741. The Kier molecular flexibility index (Phi) is 4.19. The van der Waals surface area contributed by atoms with Crippen molar-refractivity contribution >= 4 is 22.7 Å². The maximum Gasteiger partial charge on any atom is 0.341 e. The number of carboxylic acid groups (broad SMARTS) is 1. The number of aromatic carboxylic acids is 1. The lowest BCUT2D eigenvalue weighted by Gasteiger charge is -2.13. The molecule has 25 heavy (non-hydrogen) atoms. The van der Waals surface area contributed by atoms with Crippen molar-refractivity contribution in [1.82, 2.24) is 4.57 Å². The molecule has 0 aliphatic heterocycles. The van der Waals surface area contributed by atoms with Gasteiger partial charge in [0.15, 0.2) is 5.78 Å². The number of rotatable bonds is 4. The predicted molar refractivity (Wildman–Crippen MR) is 90.7 cm³/mol. The van der Waals surface area contributed by atoms with Gasteiger partial charge >= 0.3 is 5.97 Å². The van der Waals surface area contributed by atoms with Crippen molar-refractivity contribution in [2.24, 2.45) is 0 Å². The molecule has 2 aromatic carbocycles. The number of Topliss-reactive ketones (excluding diaryl/α,β-unsaturated/α-hetero) is 1. The van der Waals surface area contributed by atoms with Gasteiger partial charge in [0, 0.05) is 23.7 Å². The highest BCUT2D eigenvalue weighted by atomic mass is 19.1. The van der Waals surface area contributed by atoms with Crippen molar-refractivity contribution in [3.05, 3.63) is 81.4 Å². The average molecular weight is 339 g/mol. The first-order valence-corrected chi connectivity index (χ1v) is 7.52. The van der Waals surface area contributed by atoms with Gasteiger partial charge in [0.1, 0.15) is 11.4 Å². The summed E-state index contributed by atoms with van der Waals surface area (Å²) in [6, 6.07) is 10.4. The molecule has 1 N–H and O–H groups in total. The number of nitrogens with zero attached hydrogens (tertiary/aromatic N) is 1. The van der Waals surface area contributed by atoms with Gasteiger partial charge in [-0.05, 0) is 42.8 Å². The third-order valence-electron chi connectivity index (χ3n) is 3.98. The molecule has 0 bridgehead atoms. The maximum absolute atomic E-state index is 13.1. The minimum absolute atomic E-state index is 0.162. The predicted octanol–water partition coefficient (Wildman–Crippen LogP) is 3.09. The van der Waals surface area contributed by atoms with E-state index in [0.717, 1.165) is 5.56 Å². The molecule has 1 heterocycles. The number of hydrogen-bond acceptors (Lipinski definition) is 3. The highest BCUT2D eigenvalue weighted by molar-refractivity contribution is 5.99. The molecule has 1 aromatic heterocycles. The Balaban J connectivity index is 2.24. The van der Waals surface area contributed by atoms with Gasteiger partial charge in [0.05, 0.1) is 5.52 Å². The second kappa shape index (κ2) is 6.32. The van der Waals surface area contributed by atoms with E-state index in [-0.39, 0.29) is 29.1 Å². The van der Waals surface area contributed by atoms with Crippen LogP contribution in [-0.2, 0) is 6.54 Å². The van der Waals surface area contributed by atoms with Crippen LogP contribution in [0.3, 0.4) is 0 Å². The minimum Gasteiger partial charge on any atom is -0.477 e. The Labute approximate surface area is 142 Å². The number of halogens is 1. The smallest absolute Gasteiger partial charge is 0.341 e. The number of fused-ring (bicyclic) bond motifs is 1. The van der Waals surface area contributed by atoms with E-state index in [0.29, 0.717) is 11.1 Å². The zero-order valence-electron chi connectivity index (χ0n) is 13.3. The fraction of sp³-hybridized carbons (Fsp3) is 0.105. The van der Waals surface area contributed by atoms with Crippen LogP contribution in [0.5, 0.6) is 0 Å². The Morgan fingerprint density at radius 2 is 1.80 bits per heavy atom. The number of aromatic nitrogens is 1. The van der Waals surface area contributed by atoms with E-state index in [1.54, 1.807) is 28.8 Å². The summed E-state index contributed by atoms with van der Waals surface area (Å²) in [4.78, 5) is 35.4. The lowest BCUT2D eigenvalue weighted by molar-refractivity contribution is 0.0694. The van der Waals surface area contributed by atoms with Gasteiger partial charge in [-0.15, -0.1) is 0 Å². The van der Waals surface area contributed by atoms with Gasteiger partial charge in [0.2, 0.25) is 5.43 Å². The van der Waals surface area contributed by atoms with Crippen molar-refractivity contribution in [3.8, 4) is 0 Å². The van der Waals surface area contributed by atoms with E-state index in [2.05, 4.69) is 0 Å². The van der Waals surface area contributed by atoms with Crippen LogP contribution in [0.25, 0.3) is 10.9 Å². The largest absolute Gasteiger partial charge is 0.477 e. The Morgan fingerprint density at radius 3 is 2.40 bits per heavy atom. The summed E-state index contributed by atoms with van der Waals surface area (Å²) >= 11 is 0. The van der Waals surface area contributed by atoms with E-state index in [9.17, 15) is 23.9 Å². The Hall–Kier alpha value is -3.28. The molecule has 0 atom stereocenters. The van der Waals surface area contributed by atoms with Crippen LogP contribution in [0.15, 0.2) is 53.5 Å². The summed E-state index contributed by atoms with van der Waals surface area (Å²) in [5.41, 5.74) is 0.569. The SMILES string of the molecule is CC(=O)c1ccc2c(c1)c(=O)c(C(=O)O)cn2Cc1ccc(F)cc1. The first-order chi connectivity index (χ1) is 11.9. The minimum atomic E-state index is -1.34. The molecule has 126 valence electrons. The van der Waals surface area contributed by atoms with Crippen molar-refractivity contribution < 1.29 is 19.1 Å². The van der Waals surface area contributed by atoms with Crippen molar-refractivity contribution in [2.75, 3.05) is 0 Å². The van der Waals surface area contributed by atoms with Crippen molar-refractivity contribution in [3.63, 3.8) is 0 Å². The van der Waals surface area contributed by atoms with Gasteiger partial charge in [-0.3, -0.25) is 9.59 Å². The molecule has 0 fully saturated rings. The van der Waals surface area contributed by atoms with Crippen molar-refractivity contribution in [2.45, 2.75) is 13.5 Å². The van der Waals surface area contributed by atoms with E-state index in [4.69, 9.17) is 0 Å². The third kappa shape index (κ3) is 3.19. The highest BCUT2D eigenvalue weighted by Crippen LogP contribution is 2.17. The lowest BCUT2D eigenvalue weighted by atomic mass is 10.1. The molecular weight excluding hydrogens is 325 g/mol. The number of pyridine rings is 1. The van der Waals surface area contributed by atoms with Gasteiger partial charge in [-0.2, -0.15) is 0 Å². The maximum atomic E-state index is 13.1. The molecule has 0 radical (unpaired) electrons. The fourth-order valence-corrected chi connectivity index (χ4v) is 2.69. The number of ketones is 1. The molecule has 0 amide bonds. The third-order valence-corrected chi connectivity index (χ3v) is 3.98. The molecule has 0 spiro atoms. The van der Waals surface area contributed by atoms with Crippen LogP contribution in [0.1, 0.15) is 33.2 Å². The lowest BCUT2D eigenvalue weighted by Crippen LogP contribution is -2.19. The number of carbonyl (C=O) groups is 2. The fourth-order valence-electron chi connectivity index (χ4n) is 2.69. The molecule has 0 unspecified atom stereocenters. The topological polar surface area (TPSA) is 76.4 Å². The summed E-state index contributed by atoms with van der Waals surface area (Å²) < 4.78 is 14.7. The first-order valence-electron chi connectivity index (χ1n) is 7.52. The van der Waals surface area contributed by atoms with E-state index >= 15 is 0 Å². The number of benzene rings is 2. The number of hydrogen-bond donors (Lipinski definition) is 1. The van der Waals surface area contributed by atoms with Gasteiger partial charge < -0.3 is 9.67 Å². The van der Waals surface area contributed by atoms with E-state index in [1.807, 2.05) is 0 Å². The zero-order chi connectivity index (χ0) is 18.1.